The summed E-state index contributed by atoms with van der Waals surface area (Å²) in [7, 11) is 0. The molecule has 0 aromatic carbocycles. The Morgan fingerprint density at radius 3 is 2.96 bits per heavy atom. The summed E-state index contributed by atoms with van der Waals surface area (Å²) in [5.74, 6) is -4.08. The van der Waals surface area contributed by atoms with Gasteiger partial charge in [-0.05, 0) is 31.5 Å². The van der Waals surface area contributed by atoms with Crippen molar-refractivity contribution < 1.29 is 24.1 Å². The molecular formula is C14H16ClFN4O5. The van der Waals surface area contributed by atoms with Crippen molar-refractivity contribution in [3.8, 4) is 5.88 Å². The lowest BCUT2D eigenvalue weighted by molar-refractivity contribution is -0.312. The van der Waals surface area contributed by atoms with Gasteiger partial charge in [-0.15, -0.1) is 0 Å². The number of halogens is 2. The van der Waals surface area contributed by atoms with Crippen LogP contribution in [-0.2, 0) is 4.74 Å². The number of rotatable bonds is 3. The Morgan fingerprint density at radius 1 is 1.44 bits per heavy atom. The molecule has 0 spiro atoms. The Kier molecular flexibility index (Phi) is 4.89. The van der Waals surface area contributed by atoms with Crippen LogP contribution in [0.2, 0.25) is 5.28 Å². The summed E-state index contributed by atoms with van der Waals surface area (Å²) in [6, 6.07) is -1.00. The zero-order valence-electron chi connectivity index (χ0n) is 13.2. The van der Waals surface area contributed by atoms with Crippen molar-refractivity contribution in [1.29, 1.82) is 0 Å². The van der Waals surface area contributed by atoms with Crippen molar-refractivity contribution in [2.24, 2.45) is 0 Å². The highest BCUT2D eigenvalue weighted by Gasteiger charge is 2.39. The summed E-state index contributed by atoms with van der Waals surface area (Å²) in [5, 5.41) is 22.7. The van der Waals surface area contributed by atoms with Gasteiger partial charge < -0.3 is 25.0 Å². The van der Waals surface area contributed by atoms with Crippen LogP contribution in [0.1, 0.15) is 12.1 Å². The zero-order chi connectivity index (χ0) is 18.2. The van der Waals surface area contributed by atoms with Gasteiger partial charge in [-0.2, -0.15) is 0 Å². The summed E-state index contributed by atoms with van der Waals surface area (Å²) in [6.07, 6.45) is 0.686. The van der Waals surface area contributed by atoms with Crippen LogP contribution < -0.4 is 15.6 Å². The molecule has 1 unspecified atom stereocenters. The summed E-state index contributed by atoms with van der Waals surface area (Å²) in [5.41, 5.74) is -1.34. The van der Waals surface area contributed by atoms with E-state index in [0.717, 1.165) is 0 Å². The van der Waals surface area contributed by atoms with Crippen molar-refractivity contribution in [2.75, 3.05) is 19.8 Å². The molecule has 0 saturated carbocycles. The predicted molar refractivity (Wildman–Crippen MR) is 84.9 cm³/mol. The van der Waals surface area contributed by atoms with E-state index in [0.29, 0.717) is 19.6 Å². The van der Waals surface area contributed by atoms with Crippen molar-refractivity contribution in [3.63, 3.8) is 0 Å². The summed E-state index contributed by atoms with van der Waals surface area (Å²) >= 11 is 5.65. The van der Waals surface area contributed by atoms with Crippen LogP contribution in [-0.4, -0.2) is 56.9 Å². The highest BCUT2D eigenvalue weighted by molar-refractivity contribution is 6.28. The standard InChI is InChI=1S/C14H16ClFN4O5/c1-6-9(16)10-8(11(21)20-13(15)19-10)12(18-6)25-14(22,23)7-5-24-4-2-3-17-7/h7,17,22-23H,2-5H2,1H3,(H,19,20,21). The van der Waals surface area contributed by atoms with Gasteiger partial charge in [0.15, 0.2) is 5.82 Å². The van der Waals surface area contributed by atoms with E-state index < -0.39 is 29.3 Å². The maximum atomic E-state index is 14.2. The molecule has 0 aliphatic carbocycles. The van der Waals surface area contributed by atoms with E-state index in [9.17, 15) is 19.4 Å². The first-order valence-corrected chi connectivity index (χ1v) is 7.88. The van der Waals surface area contributed by atoms with Gasteiger partial charge in [0.1, 0.15) is 16.9 Å². The van der Waals surface area contributed by atoms with E-state index >= 15 is 0 Å². The number of aryl methyl sites for hydroxylation is 1. The molecule has 9 nitrogen and oxygen atoms in total. The first-order chi connectivity index (χ1) is 11.8. The monoisotopic (exact) mass is 374 g/mol. The molecule has 1 aliphatic heterocycles. The second kappa shape index (κ2) is 6.81. The molecule has 11 heteroatoms. The predicted octanol–water partition coefficient (Wildman–Crippen LogP) is -0.185. The van der Waals surface area contributed by atoms with Crippen molar-refractivity contribution >= 4 is 22.5 Å². The Hall–Kier alpha value is -1.85. The average molecular weight is 375 g/mol. The fraction of sp³-hybridized carbons (Fsp3) is 0.500. The largest absolute Gasteiger partial charge is 0.419 e. The van der Waals surface area contributed by atoms with Crippen LogP contribution >= 0.6 is 11.6 Å². The molecule has 2 aromatic heterocycles. The van der Waals surface area contributed by atoms with E-state index in [-0.39, 0.29) is 28.5 Å². The third-order valence-corrected chi connectivity index (χ3v) is 3.92. The molecule has 1 atom stereocenters. The number of H-pyrrole nitrogens is 1. The molecule has 3 rings (SSSR count). The third kappa shape index (κ3) is 3.58. The summed E-state index contributed by atoms with van der Waals surface area (Å²) < 4.78 is 24.6. The molecule has 25 heavy (non-hydrogen) atoms. The molecule has 3 heterocycles. The minimum absolute atomic E-state index is 0.0362. The van der Waals surface area contributed by atoms with Gasteiger partial charge >= 0.3 is 5.97 Å². The van der Waals surface area contributed by atoms with Crippen molar-refractivity contribution in [1.82, 2.24) is 20.3 Å². The lowest BCUT2D eigenvalue weighted by Crippen LogP contribution is -2.56. The van der Waals surface area contributed by atoms with Gasteiger partial charge in [-0.25, -0.2) is 14.4 Å². The molecule has 2 aromatic rings. The lowest BCUT2D eigenvalue weighted by Gasteiger charge is -2.30. The highest BCUT2D eigenvalue weighted by atomic mass is 35.5. The van der Waals surface area contributed by atoms with E-state index in [1.54, 1.807) is 0 Å². The summed E-state index contributed by atoms with van der Waals surface area (Å²) in [6.45, 7) is 2.22. The van der Waals surface area contributed by atoms with Gasteiger partial charge in [0.2, 0.25) is 11.2 Å². The maximum absolute atomic E-state index is 14.2. The second-order valence-electron chi connectivity index (χ2n) is 5.59. The van der Waals surface area contributed by atoms with Crippen LogP contribution in [0.5, 0.6) is 5.88 Å². The Bertz CT molecular complexity index is 851. The number of pyridine rings is 1. The van der Waals surface area contributed by atoms with Gasteiger partial charge in [-0.3, -0.25) is 9.78 Å². The first-order valence-electron chi connectivity index (χ1n) is 7.50. The first kappa shape index (κ1) is 18.0. The summed E-state index contributed by atoms with van der Waals surface area (Å²) in [4.78, 5) is 21.8. The smallest absolute Gasteiger partial charge is 0.341 e. The lowest BCUT2D eigenvalue weighted by atomic mass is 10.2. The Balaban J connectivity index is 2.06. The van der Waals surface area contributed by atoms with Crippen LogP contribution in [0, 0.1) is 12.7 Å². The molecule has 136 valence electrons. The molecule has 0 radical (unpaired) electrons. The average Bonchev–Trinajstić information content (AvgIpc) is 2.81. The Morgan fingerprint density at radius 2 is 2.20 bits per heavy atom. The van der Waals surface area contributed by atoms with E-state index in [2.05, 4.69) is 20.3 Å². The van der Waals surface area contributed by atoms with Crippen molar-refractivity contribution in [2.45, 2.75) is 25.4 Å². The van der Waals surface area contributed by atoms with Gasteiger partial charge in [-0.1, -0.05) is 0 Å². The number of nitrogens with one attached hydrogen (secondary N) is 2. The number of aliphatic hydroxyl groups is 2. The number of aromatic amines is 1. The van der Waals surface area contributed by atoms with E-state index in [1.807, 2.05) is 0 Å². The van der Waals surface area contributed by atoms with Crippen LogP contribution in [0.25, 0.3) is 10.9 Å². The maximum Gasteiger partial charge on any atom is 0.341 e. The number of nitrogens with zero attached hydrogens (tertiary/aromatic N) is 2. The number of aromatic nitrogens is 3. The fourth-order valence-corrected chi connectivity index (χ4v) is 2.64. The minimum Gasteiger partial charge on any atom is -0.419 e. The van der Waals surface area contributed by atoms with E-state index in [4.69, 9.17) is 21.1 Å². The molecule has 4 N–H and O–H groups in total. The number of hydrogen-bond acceptors (Lipinski definition) is 8. The SMILES string of the molecule is Cc1nc(OC(O)(O)C2COCCCN2)c2c(=O)[nH]c(Cl)nc2c1F. The molecule has 1 fully saturated rings. The van der Waals surface area contributed by atoms with Gasteiger partial charge in [0.25, 0.3) is 5.56 Å². The van der Waals surface area contributed by atoms with Crippen LogP contribution in [0.3, 0.4) is 0 Å². The van der Waals surface area contributed by atoms with Crippen LogP contribution in [0.15, 0.2) is 4.79 Å². The normalized spacial score (nSPS) is 19.0. The van der Waals surface area contributed by atoms with E-state index in [1.165, 1.54) is 6.92 Å². The second-order valence-corrected chi connectivity index (χ2v) is 5.95. The fourth-order valence-electron chi connectivity index (χ4n) is 2.47. The molecular weight excluding hydrogens is 359 g/mol. The van der Waals surface area contributed by atoms with Gasteiger partial charge in [0.05, 0.1) is 12.3 Å². The molecule has 0 bridgehead atoms. The highest BCUT2D eigenvalue weighted by Crippen LogP contribution is 2.27. The zero-order valence-corrected chi connectivity index (χ0v) is 13.9. The molecule has 0 amide bonds. The molecule has 1 aliphatic rings. The number of ether oxygens (including phenoxy) is 2. The number of fused-ring (bicyclic) bond motifs is 1. The van der Waals surface area contributed by atoms with Crippen LogP contribution in [0.4, 0.5) is 4.39 Å². The quantitative estimate of drug-likeness (QED) is 0.430. The molecule has 1 saturated heterocycles. The number of hydrogen-bond donors (Lipinski definition) is 4. The topological polar surface area (TPSA) is 130 Å². The third-order valence-electron chi connectivity index (χ3n) is 3.74. The Labute approximate surface area is 145 Å². The van der Waals surface area contributed by atoms with Crippen molar-refractivity contribution in [3.05, 3.63) is 27.1 Å². The van der Waals surface area contributed by atoms with Gasteiger partial charge in [0, 0.05) is 6.61 Å². The minimum atomic E-state index is -2.75.